The number of aromatic nitrogens is 3. The first-order valence-electron chi connectivity index (χ1n) is 12.9. The quantitative estimate of drug-likeness (QED) is 0.510. The Morgan fingerprint density at radius 3 is 2.67 bits per heavy atom. The second kappa shape index (κ2) is 9.46. The van der Waals surface area contributed by atoms with Gasteiger partial charge in [0.2, 0.25) is 11.8 Å². The summed E-state index contributed by atoms with van der Waals surface area (Å²) in [6, 6.07) is 2.74. The lowest BCUT2D eigenvalue weighted by Gasteiger charge is -2.41. The van der Waals surface area contributed by atoms with Gasteiger partial charge in [-0.3, -0.25) is 19.6 Å². The zero-order valence-electron chi connectivity index (χ0n) is 22.0. The highest BCUT2D eigenvalue weighted by Crippen LogP contribution is 2.62. The molecule has 2 aromatic rings. The van der Waals surface area contributed by atoms with Crippen LogP contribution in [0.1, 0.15) is 43.6 Å². The number of alkyl halides is 3. The van der Waals surface area contributed by atoms with Crippen molar-refractivity contribution in [1.29, 1.82) is 0 Å². The van der Waals surface area contributed by atoms with Crippen molar-refractivity contribution < 1.29 is 31.9 Å². The van der Waals surface area contributed by atoms with E-state index in [1.165, 1.54) is 42.9 Å². The van der Waals surface area contributed by atoms with E-state index in [0.29, 0.717) is 6.42 Å². The number of hydrogen-bond acceptors (Lipinski definition) is 6. The summed E-state index contributed by atoms with van der Waals surface area (Å²) < 4.78 is 64.2. The number of nitrogens with two attached hydrogens (primary N) is 1. The average Bonchev–Trinajstić information content (AvgIpc) is 3.18. The monoisotopic (exact) mass is 552 g/mol. The van der Waals surface area contributed by atoms with Gasteiger partial charge in [0.05, 0.1) is 25.5 Å². The summed E-state index contributed by atoms with van der Waals surface area (Å²) >= 11 is 0. The molecule has 5 rings (SSSR count). The van der Waals surface area contributed by atoms with Gasteiger partial charge in [-0.25, -0.2) is 22.5 Å². The number of ether oxygens (including phenoxy) is 1. The van der Waals surface area contributed by atoms with E-state index in [1.54, 1.807) is 0 Å². The molecule has 3 N–H and O–H groups in total. The molecule has 4 heterocycles. The van der Waals surface area contributed by atoms with Crippen LogP contribution in [0, 0.1) is 23.6 Å². The Morgan fingerprint density at radius 2 is 2.00 bits per heavy atom. The van der Waals surface area contributed by atoms with Gasteiger partial charge >= 0.3 is 0 Å². The molecular formula is C26H32F4N6O3. The number of likely N-dealkylation sites (tertiary alicyclic amines) is 2. The van der Waals surface area contributed by atoms with Gasteiger partial charge in [-0.1, -0.05) is 0 Å². The Labute approximate surface area is 223 Å². The van der Waals surface area contributed by atoms with Crippen LogP contribution < -0.4 is 10.5 Å². The van der Waals surface area contributed by atoms with Gasteiger partial charge in [0.1, 0.15) is 11.4 Å². The zero-order valence-corrected chi connectivity index (χ0v) is 22.0. The number of carbonyl (C=O) groups excluding carboxylic acids is 2. The molecule has 0 aromatic carbocycles. The maximum Gasteiger partial charge on any atom is 0.272 e. The summed E-state index contributed by atoms with van der Waals surface area (Å²) in [6.07, 6.45) is 1.75. The second-order valence-electron chi connectivity index (χ2n) is 11.6. The van der Waals surface area contributed by atoms with Gasteiger partial charge in [-0.05, 0) is 45.1 Å². The molecule has 3 aliphatic rings. The number of nitrogens with one attached hydrogen (secondary N) is 1. The van der Waals surface area contributed by atoms with Crippen molar-refractivity contribution >= 4 is 11.8 Å². The number of nitrogens with zero attached hydrogens (tertiary/aromatic N) is 4. The average molecular weight is 553 g/mol. The highest BCUT2D eigenvalue weighted by molar-refractivity contribution is 5.94. The smallest absolute Gasteiger partial charge is 0.272 e. The second-order valence-corrected chi connectivity index (χ2v) is 11.6. The molecule has 1 spiro atoms. The van der Waals surface area contributed by atoms with E-state index in [0.717, 1.165) is 6.20 Å². The number of carbonyl (C=O) groups is 2. The first kappa shape index (κ1) is 27.4. The number of aromatic amines is 1. The topological polar surface area (TPSA) is 117 Å². The fourth-order valence-corrected chi connectivity index (χ4v) is 6.48. The van der Waals surface area contributed by atoms with Crippen LogP contribution in [0.3, 0.4) is 0 Å². The molecule has 0 bridgehead atoms. The van der Waals surface area contributed by atoms with Crippen molar-refractivity contribution in [2.45, 2.75) is 50.2 Å². The van der Waals surface area contributed by atoms with E-state index < -0.39 is 59.1 Å². The minimum Gasteiger partial charge on any atom is -0.481 e. The molecule has 2 aromatic heterocycles. The third kappa shape index (κ3) is 5.08. The van der Waals surface area contributed by atoms with Gasteiger partial charge in [0, 0.05) is 48.6 Å². The predicted molar refractivity (Wildman–Crippen MR) is 132 cm³/mol. The number of primary amides is 1. The van der Waals surface area contributed by atoms with E-state index in [9.17, 15) is 18.4 Å². The van der Waals surface area contributed by atoms with Gasteiger partial charge < -0.3 is 15.4 Å². The molecular weight excluding hydrogens is 520 g/mol. The molecule has 9 nitrogen and oxygen atoms in total. The highest BCUT2D eigenvalue weighted by atomic mass is 19.3. The van der Waals surface area contributed by atoms with Crippen LogP contribution in [0.4, 0.5) is 17.6 Å². The minimum atomic E-state index is -3.08. The SMILES string of the molecule is COc1cc(-c2cc(C(=O)N3CCC(C(N)=O)CC34C[C@H]4[C@H]3CN(CC(C)(C)F)CC3(F)F)[nH]n2)c(F)cn1. The highest BCUT2D eigenvalue weighted by Gasteiger charge is 2.69. The minimum absolute atomic E-state index is 0.00655. The summed E-state index contributed by atoms with van der Waals surface area (Å²) in [5, 5.41) is 6.72. The Balaban J connectivity index is 1.41. The summed E-state index contributed by atoms with van der Waals surface area (Å²) in [5.74, 6) is -6.82. The van der Waals surface area contributed by atoms with Crippen LogP contribution in [-0.2, 0) is 4.79 Å². The third-order valence-corrected chi connectivity index (χ3v) is 8.23. The van der Waals surface area contributed by atoms with Crippen LogP contribution in [-0.4, -0.2) is 87.2 Å². The zero-order chi connectivity index (χ0) is 28.3. The van der Waals surface area contributed by atoms with Crippen LogP contribution >= 0.6 is 0 Å². The lowest BCUT2D eigenvalue weighted by Crippen LogP contribution is -2.52. The van der Waals surface area contributed by atoms with Crippen LogP contribution in [0.15, 0.2) is 18.3 Å². The van der Waals surface area contributed by atoms with Gasteiger partial charge in [0.25, 0.3) is 11.8 Å². The fraction of sp³-hybridized carbons (Fsp3) is 0.615. The molecule has 2 unspecified atom stereocenters. The molecule has 13 heteroatoms. The Kier molecular flexibility index (Phi) is 6.63. The molecule has 0 radical (unpaired) electrons. The van der Waals surface area contributed by atoms with Crippen LogP contribution in [0.2, 0.25) is 0 Å². The van der Waals surface area contributed by atoms with Crippen molar-refractivity contribution in [2.75, 3.05) is 33.3 Å². The Morgan fingerprint density at radius 1 is 1.26 bits per heavy atom. The molecule has 2 saturated heterocycles. The van der Waals surface area contributed by atoms with Gasteiger partial charge in [-0.15, -0.1) is 0 Å². The van der Waals surface area contributed by atoms with Crippen molar-refractivity contribution in [3.05, 3.63) is 29.8 Å². The van der Waals surface area contributed by atoms with E-state index in [1.807, 2.05) is 0 Å². The van der Waals surface area contributed by atoms with Crippen LogP contribution in [0.5, 0.6) is 5.88 Å². The van der Waals surface area contributed by atoms with Crippen molar-refractivity contribution in [3.8, 4) is 17.1 Å². The molecule has 3 fully saturated rings. The molecule has 39 heavy (non-hydrogen) atoms. The lowest BCUT2D eigenvalue weighted by atomic mass is 9.84. The summed E-state index contributed by atoms with van der Waals surface area (Å²) in [4.78, 5) is 32.6. The number of halogens is 4. The standard InChI is InChI=1S/C26H32F4N6O3/c1-24(2,28)12-35-11-17(26(29,30)13-35)16-9-25(16)8-14(22(31)37)4-5-36(25)23(38)20-7-19(33-34-20)15-6-21(39-3)32-10-18(15)27/h6-7,10,14,16-17H,4-5,8-9,11-13H2,1-3H3,(H2,31,37)(H,33,34)/t14?,16-,17+,25?/m0/s1. The van der Waals surface area contributed by atoms with Crippen molar-refractivity contribution in [3.63, 3.8) is 0 Å². The normalized spacial score (nSPS) is 28.6. The number of rotatable bonds is 7. The maximum absolute atomic E-state index is 15.2. The number of methoxy groups -OCH3 is 1. The number of H-pyrrole nitrogens is 1. The first-order valence-corrected chi connectivity index (χ1v) is 12.9. The number of pyridine rings is 1. The van der Waals surface area contributed by atoms with Crippen LogP contribution in [0.25, 0.3) is 11.3 Å². The third-order valence-electron chi connectivity index (χ3n) is 8.23. The molecule has 1 aliphatic carbocycles. The summed E-state index contributed by atoms with van der Waals surface area (Å²) in [6.45, 7) is 2.15. The molecule has 1 saturated carbocycles. The molecule has 4 atom stereocenters. The van der Waals surface area contributed by atoms with E-state index in [4.69, 9.17) is 10.5 Å². The molecule has 212 valence electrons. The number of amides is 2. The fourth-order valence-electron chi connectivity index (χ4n) is 6.48. The summed E-state index contributed by atoms with van der Waals surface area (Å²) in [5.41, 5.74) is 3.25. The van der Waals surface area contributed by atoms with Gasteiger partial charge in [-0.2, -0.15) is 5.10 Å². The molecule has 2 amide bonds. The summed E-state index contributed by atoms with van der Waals surface area (Å²) in [7, 11) is 1.39. The maximum atomic E-state index is 15.2. The van der Waals surface area contributed by atoms with Gasteiger partial charge in [0.15, 0.2) is 5.82 Å². The van der Waals surface area contributed by atoms with E-state index in [2.05, 4.69) is 15.2 Å². The van der Waals surface area contributed by atoms with Crippen molar-refractivity contribution in [1.82, 2.24) is 25.0 Å². The number of piperidine rings is 1. The Hall–Kier alpha value is -3.22. The molecule has 2 aliphatic heterocycles. The predicted octanol–water partition coefficient (Wildman–Crippen LogP) is 3.03. The van der Waals surface area contributed by atoms with E-state index >= 15 is 8.78 Å². The number of hydrogen-bond donors (Lipinski definition) is 2. The van der Waals surface area contributed by atoms with Crippen molar-refractivity contribution in [2.24, 2.45) is 23.5 Å². The lowest BCUT2D eigenvalue weighted by molar-refractivity contribution is -0.124. The Bertz CT molecular complexity index is 1280. The van der Waals surface area contributed by atoms with E-state index in [-0.39, 0.29) is 55.3 Å². The first-order chi connectivity index (χ1) is 18.2. The largest absolute Gasteiger partial charge is 0.481 e.